The molecular formula is C20H13N3O6. The Morgan fingerprint density at radius 1 is 1.10 bits per heavy atom. The summed E-state index contributed by atoms with van der Waals surface area (Å²) in [6, 6.07) is 10.3. The molecule has 2 aromatic rings. The van der Waals surface area contributed by atoms with E-state index >= 15 is 0 Å². The van der Waals surface area contributed by atoms with Gasteiger partial charge < -0.3 is 4.74 Å². The summed E-state index contributed by atoms with van der Waals surface area (Å²) in [7, 11) is 0. The van der Waals surface area contributed by atoms with Gasteiger partial charge >= 0.3 is 6.03 Å². The van der Waals surface area contributed by atoms with Crippen molar-refractivity contribution in [2.45, 2.75) is 0 Å². The van der Waals surface area contributed by atoms with Crippen LogP contribution in [0.3, 0.4) is 0 Å². The number of nitrogens with zero attached hydrogens (tertiary/aromatic N) is 2. The number of imide groups is 2. The van der Waals surface area contributed by atoms with Crippen molar-refractivity contribution >= 4 is 35.3 Å². The maximum atomic E-state index is 12.8. The summed E-state index contributed by atoms with van der Waals surface area (Å²) >= 11 is 0. The molecule has 1 N–H and O–H groups in total. The van der Waals surface area contributed by atoms with Crippen LogP contribution >= 0.6 is 0 Å². The van der Waals surface area contributed by atoms with Crippen molar-refractivity contribution in [2.24, 2.45) is 0 Å². The van der Waals surface area contributed by atoms with E-state index in [-0.39, 0.29) is 23.6 Å². The number of nitro benzene ring substituents is 1. The number of nitro groups is 1. The van der Waals surface area contributed by atoms with Crippen LogP contribution in [0.15, 0.2) is 54.1 Å². The van der Waals surface area contributed by atoms with Gasteiger partial charge in [-0.15, -0.1) is 6.42 Å². The second kappa shape index (κ2) is 8.06. The predicted octanol–water partition coefficient (Wildman–Crippen LogP) is 2.27. The van der Waals surface area contributed by atoms with Crippen LogP contribution in [-0.4, -0.2) is 29.4 Å². The normalized spacial score (nSPS) is 15.1. The predicted molar refractivity (Wildman–Crippen MR) is 103 cm³/mol. The molecule has 1 aliphatic rings. The number of amides is 4. The van der Waals surface area contributed by atoms with Crippen molar-refractivity contribution in [3.63, 3.8) is 0 Å². The average molecular weight is 391 g/mol. The van der Waals surface area contributed by atoms with E-state index in [2.05, 4.69) is 11.2 Å². The van der Waals surface area contributed by atoms with Crippen molar-refractivity contribution in [3.8, 4) is 18.1 Å². The minimum Gasteiger partial charge on any atom is -0.481 e. The zero-order valence-electron chi connectivity index (χ0n) is 14.8. The van der Waals surface area contributed by atoms with Crippen molar-refractivity contribution < 1.29 is 24.0 Å². The molecule has 1 heterocycles. The minimum absolute atomic E-state index is 0.0922. The molecule has 2 aromatic carbocycles. The number of barbiturate groups is 1. The third kappa shape index (κ3) is 4.12. The summed E-state index contributed by atoms with van der Waals surface area (Å²) in [6.45, 7) is 0.105. The SMILES string of the molecule is C#CCOc1ccc(C=C2C(=O)NC(=O)N(c3ccc([N+](=O)[O-])cc3)C2=O)cc1. The van der Waals surface area contributed by atoms with Gasteiger partial charge in [-0.25, -0.2) is 9.69 Å². The highest BCUT2D eigenvalue weighted by Crippen LogP contribution is 2.24. The highest BCUT2D eigenvalue weighted by Gasteiger charge is 2.36. The van der Waals surface area contributed by atoms with E-state index in [1.54, 1.807) is 24.3 Å². The lowest BCUT2D eigenvalue weighted by atomic mass is 10.1. The van der Waals surface area contributed by atoms with Crippen molar-refractivity contribution in [2.75, 3.05) is 11.5 Å². The Balaban J connectivity index is 1.89. The molecule has 29 heavy (non-hydrogen) atoms. The number of terminal acetylenes is 1. The van der Waals surface area contributed by atoms with E-state index in [0.717, 1.165) is 17.0 Å². The maximum Gasteiger partial charge on any atom is 0.335 e. The summed E-state index contributed by atoms with van der Waals surface area (Å²) < 4.78 is 5.25. The largest absolute Gasteiger partial charge is 0.481 e. The standard InChI is InChI=1S/C20H13N3O6/c1-2-11-29-16-9-3-13(4-10-16)12-17-18(24)21-20(26)22(19(17)25)14-5-7-15(8-6-14)23(27)28/h1,3-10,12H,11H2,(H,21,24,26). The second-order valence-electron chi connectivity index (χ2n) is 5.79. The molecule has 1 aliphatic heterocycles. The molecule has 4 amide bonds. The Morgan fingerprint density at radius 3 is 2.34 bits per heavy atom. The summed E-state index contributed by atoms with van der Waals surface area (Å²) in [5.41, 5.74) is 0.155. The summed E-state index contributed by atoms with van der Waals surface area (Å²) in [4.78, 5) is 48.0. The highest BCUT2D eigenvalue weighted by atomic mass is 16.6. The van der Waals surface area contributed by atoms with Gasteiger partial charge in [0.15, 0.2) is 0 Å². The number of anilines is 1. The van der Waals surface area contributed by atoms with Gasteiger partial charge in [-0.3, -0.25) is 25.0 Å². The molecule has 1 saturated heterocycles. The number of nitrogens with one attached hydrogen (secondary N) is 1. The van der Waals surface area contributed by atoms with Crippen LogP contribution in [0.5, 0.6) is 5.75 Å². The molecule has 0 aromatic heterocycles. The number of urea groups is 1. The summed E-state index contributed by atoms with van der Waals surface area (Å²) in [5.74, 6) is 1.17. The number of carbonyl (C=O) groups excluding carboxylic acids is 3. The lowest BCUT2D eigenvalue weighted by Crippen LogP contribution is -2.54. The Morgan fingerprint density at radius 2 is 1.76 bits per heavy atom. The average Bonchev–Trinajstić information content (AvgIpc) is 2.70. The molecule has 9 heteroatoms. The maximum absolute atomic E-state index is 12.8. The fourth-order valence-corrected chi connectivity index (χ4v) is 2.57. The number of carbonyl (C=O) groups is 3. The van der Waals surface area contributed by atoms with E-state index in [9.17, 15) is 24.5 Å². The fourth-order valence-electron chi connectivity index (χ4n) is 2.57. The fraction of sp³-hybridized carbons (Fsp3) is 0.0500. The number of non-ortho nitro benzene ring substituents is 1. The molecule has 0 spiro atoms. The highest BCUT2D eigenvalue weighted by molar-refractivity contribution is 6.39. The zero-order chi connectivity index (χ0) is 21.0. The van der Waals surface area contributed by atoms with E-state index < -0.39 is 22.8 Å². The first-order chi connectivity index (χ1) is 13.9. The molecule has 3 rings (SSSR count). The molecule has 0 bridgehead atoms. The Labute approximate surface area is 164 Å². The number of hydrogen-bond acceptors (Lipinski definition) is 6. The van der Waals surface area contributed by atoms with Gasteiger partial charge in [-0.1, -0.05) is 18.1 Å². The number of hydrogen-bond donors (Lipinski definition) is 1. The van der Waals surface area contributed by atoms with Crippen LogP contribution in [-0.2, 0) is 9.59 Å². The van der Waals surface area contributed by atoms with Crippen LogP contribution in [0.25, 0.3) is 6.08 Å². The summed E-state index contributed by atoms with van der Waals surface area (Å²) in [5, 5.41) is 12.9. The zero-order valence-corrected chi connectivity index (χ0v) is 14.8. The van der Waals surface area contributed by atoms with E-state index in [1.807, 2.05) is 0 Å². The third-order valence-corrected chi connectivity index (χ3v) is 3.93. The van der Waals surface area contributed by atoms with Gasteiger partial charge in [0.1, 0.15) is 17.9 Å². The molecule has 1 fully saturated rings. The molecule has 9 nitrogen and oxygen atoms in total. The van der Waals surface area contributed by atoms with E-state index in [0.29, 0.717) is 11.3 Å². The van der Waals surface area contributed by atoms with Crippen molar-refractivity contribution in [1.82, 2.24) is 5.32 Å². The van der Waals surface area contributed by atoms with E-state index in [1.165, 1.54) is 18.2 Å². The number of benzene rings is 2. The van der Waals surface area contributed by atoms with Gasteiger partial charge in [0.05, 0.1) is 10.6 Å². The Bertz CT molecular complexity index is 1060. The van der Waals surface area contributed by atoms with Gasteiger partial charge in [-0.05, 0) is 35.9 Å². The first-order valence-corrected chi connectivity index (χ1v) is 8.23. The molecule has 144 valence electrons. The van der Waals surface area contributed by atoms with Gasteiger partial charge in [0, 0.05) is 12.1 Å². The molecule has 0 unspecified atom stereocenters. The van der Waals surface area contributed by atoms with Crippen LogP contribution in [0.1, 0.15) is 5.56 Å². The lowest BCUT2D eigenvalue weighted by Gasteiger charge is -2.26. The van der Waals surface area contributed by atoms with Crippen molar-refractivity contribution in [1.29, 1.82) is 0 Å². The van der Waals surface area contributed by atoms with Crippen molar-refractivity contribution in [3.05, 3.63) is 69.8 Å². The van der Waals surface area contributed by atoms with Crippen LogP contribution in [0, 0.1) is 22.5 Å². The number of ether oxygens (including phenoxy) is 1. The molecule has 0 aliphatic carbocycles. The molecular weight excluding hydrogens is 378 g/mol. The minimum atomic E-state index is -0.941. The Kier molecular flexibility index (Phi) is 5.37. The smallest absolute Gasteiger partial charge is 0.335 e. The monoisotopic (exact) mass is 391 g/mol. The summed E-state index contributed by atoms with van der Waals surface area (Å²) in [6.07, 6.45) is 6.45. The first kappa shape index (κ1) is 19.3. The lowest BCUT2D eigenvalue weighted by molar-refractivity contribution is -0.384. The number of rotatable bonds is 5. The van der Waals surface area contributed by atoms with E-state index in [4.69, 9.17) is 11.2 Å². The third-order valence-electron chi connectivity index (χ3n) is 3.93. The molecule has 0 atom stereocenters. The molecule has 0 radical (unpaired) electrons. The van der Waals surface area contributed by atoms with Crippen LogP contribution in [0.2, 0.25) is 0 Å². The second-order valence-corrected chi connectivity index (χ2v) is 5.79. The van der Waals surface area contributed by atoms with Crippen LogP contribution < -0.4 is 15.0 Å². The van der Waals surface area contributed by atoms with Gasteiger partial charge in [-0.2, -0.15) is 0 Å². The van der Waals surface area contributed by atoms with Crippen LogP contribution in [0.4, 0.5) is 16.2 Å². The first-order valence-electron chi connectivity index (χ1n) is 8.23. The Hall–Kier alpha value is -4.45. The van der Waals surface area contributed by atoms with Gasteiger partial charge in [0.25, 0.3) is 17.5 Å². The van der Waals surface area contributed by atoms with Gasteiger partial charge in [0.2, 0.25) is 0 Å². The molecule has 0 saturated carbocycles. The quantitative estimate of drug-likeness (QED) is 0.275. The topological polar surface area (TPSA) is 119 Å².